The molecule has 0 spiro atoms. The second-order valence-electron chi connectivity index (χ2n) is 3.08. The summed E-state index contributed by atoms with van der Waals surface area (Å²) in [6.07, 6.45) is 6.16. The van der Waals surface area contributed by atoms with Gasteiger partial charge in [-0.3, -0.25) is 0 Å². The Bertz CT molecular complexity index is 222. The van der Waals surface area contributed by atoms with Crippen molar-refractivity contribution in [2.24, 2.45) is 11.7 Å². The Morgan fingerprint density at radius 3 is 2.50 bits per heavy atom. The number of aromatic nitrogens is 2. The fourth-order valence-corrected chi connectivity index (χ4v) is 1.07. The van der Waals surface area contributed by atoms with E-state index in [0.29, 0.717) is 5.92 Å². The van der Waals surface area contributed by atoms with Crippen LogP contribution in [0.4, 0.5) is 0 Å². The summed E-state index contributed by atoms with van der Waals surface area (Å²) in [5.74, 6) is 0.482. The van der Waals surface area contributed by atoms with E-state index in [2.05, 4.69) is 23.8 Å². The lowest BCUT2D eigenvalue weighted by Gasteiger charge is -2.17. The highest BCUT2D eigenvalue weighted by Gasteiger charge is 2.12. The molecule has 0 saturated heterocycles. The third-order valence-corrected chi connectivity index (χ3v) is 2.22. The Hall–Kier alpha value is -0.960. The lowest BCUT2D eigenvalue weighted by atomic mass is 9.95. The van der Waals surface area contributed by atoms with Gasteiger partial charge in [-0.1, -0.05) is 20.3 Å². The highest BCUT2D eigenvalue weighted by atomic mass is 14.8. The number of rotatable bonds is 3. The van der Waals surface area contributed by atoms with Gasteiger partial charge in [0.1, 0.15) is 6.33 Å². The van der Waals surface area contributed by atoms with Crippen LogP contribution in [0.25, 0.3) is 0 Å². The zero-order valence-electron chi connectivity index (χ0n) is 7.57. The molecule has 0 saturated carbocycles. The van der Waals surface area contributed by atoms with Crippen LogP contribution < -0.4 is 5.73 Å². The first-order valence-corrected chi connectivity index (χ1v) is 4.26. The Labute approximate surface area is 73.0 Å². The second-order valence-corrected chi connectivity index (χ2v) is 3.08. The minimum Gasteiger partial charge on any atom is -0.324 e. The lowest BCUT2D eigenvalue weighted by molar-refractivity contribution is 0.455. The lowest BCUT2D eigenvalue weighted by Crippen LogP contribution is -2.18. The van der Waals surface area contributed by atoms with Crippen LogP contribution in [0.3, 0.4) is 0 Å². The minimum absolute atomic E-state index is 0.0659. The van der Waals surface area contributed by atoms with Crippen molar-refractivity contribution in [1.29, 1.82) is 0 Å². The van der Waals surface area contributed by atoms with Crippen LogP contribution in [0.1, 0.15) is 31.9 Å². The van der Waals surface area contributed by atoms with Crippen molar-refractivity contribution in [3.63, 3.8) is 0 Å². The van der Waals surface area contributed by atoms with E-state index >= 15 is 0 Å². The Balaban J connectivity index is 2.71. The van der Waals surface area contributed by atoms with Gasteiger partial charge in [-0.2, -0.15) is 0 Å². The fraction of sp³-hybridized carbons (Fsp3) is 0.556. The zero-order chi connectivity index (χ0) is 8.97. The molecule has 0 aliphatic heterocycles. The minimum atomic E-state index is 0.0659. The van der Waals surface area contributed by atoms with Gasteiger partial charge in [0.15, 0.2) is 0 Å². The van der Waals surface area contributed by atoms with E-state index in [1.807, 2.05) is 0 Å². The van der Waals surface area contributed by atoms with E-state index < -0.39 is 0 Å². The van der Waals surface area contributed by atoms with Gasteiger partial charge in [0.2, 0.25) is 0 Å². The number of nitrogens with two attached hydrogens (primary N) is 1. The molecule has 1 aromatic heterocycles. The summed E-state index contributed by atoms with van der Waals surface area (Å²) in [6, 6.07) is 0.0659. The van der Waals surface area contributed by atoms with Crippen molar-refractivity contribution in [1.82, 2.24) is 9.97 Å². The fourth-order valence-electron chi connectivity index (χ4n) is 1.07. The average molecular weight is 165 g/mol. The molecule has 66 valence electrons. The van der Waals surface area contributed by atoms with Gasteiger partial charge in [0.05, 0.1) is 0 Å². The molecule has 1 heterocycles. The molecule has 2 unspecified atom stereocenters. The molecule has 2 atom stereocenters. The molecule has 3 heteroatoms. The quantitative estimate of drug-likeness (QED) is 0.738. The van der Waals surface area contributed by atoms with E-state index in [4.69, 9.17) is 5.73 Å². The molecule has 1 aromatic rings. The summed E-state index contributed by atoms with van der Waals surface area (Å²) in [4.78, 5) is 7.86. The molecule has 2 N–H and O–H groups in total. The van der Waals surface area contributed by atoms with Crippen LogP contribution >= 0.6 is 0 Å². The first-order chi connectivity index (χ1) is 5.75. The molecular formula is C9H15N3. The average Bonchev–Trinajstić information content (AvgIpc) is 2.17. The molecule has 0 radical (unpaired) electrons. The van der Waals surface area contributed by atoms with Gasteiger partial charge in [-0.05, 0) is 5.92 Å². The van der Waals surface area contributed by atoms with Crippen molar-refractivity contribution in [2.75, 3.05) is 0 Å². The Kier molecular flexibility index (Phi) is 3.17. The van der Waals surface area contributed by atoms with Crippen LogP contribution in [-0.2, 0) is 0 Å². The van der Waals surface area contributed by atoms with Gasteiger partial charge in [-0.25, -0.2) is 9.97 Å². The van der Waals surface area contributed by atoms with Crippen LogP contribution in [0.2, 0.25) is 0 Å². The molecular weight excluding hydrogens is 150 g/mol. The van der Waals surface area contributed by atoms with Crippen molar-refractivity contribution in [2.45, 2.75) is 26.3 Å². The predicted molar refractivity (Wildman–Crippen MR) is 48.4 cm³/mol. The van der Waals surface area contributed by atoms with Gasteiger partial charge < -0.3 is 5.73 Å². The Morgan fingerprint density at radius 1 is 1.42 bits per heavy atom. The molecule has 0 fully saturated rings. The summed E-state index contributed by atoms with van der Waals surface area (Å²) >= 11 is 0. The molecule has 0 aliphatic rings. The van der Waals surface area contributed by atoms with E-state index in [1.165, 1.54) is 6.33 Å². The van der Waals surface area contributed by atoms with Crippen molar-refractivity contribution < 1.29 is 0 Å². The van der Waals surface area contributed by atoms with Gasteiger partial charge in [0.25, 0.3) is 0 Å². The number of hydrogen-bond donors (Lipinski definition) is 1. The van der Waals surface area contributed by atoms with Crippen molar-refractivity contribution in [3.05, 3.63) is 24.3 Å². The molecule has 12 heavy (non-hydrogen) atoms. The van der Waals surface area contributed by atoms with Crippen LogP contribution in [-0.4, -0.2) is 9.97 Å². The van der Waals surface area contributed by atoms with E-state index in [1.54, 1.807) is 12.4 Å². The Morgan fingerprint density at radius 2 is 2.00 bits per heavy atom. The van der Waals surface area contributed by atoms with Gasteiger partial charge >= 0.3 is 0 Å². The van der Waals surface area contributed by atoms with Crippen molar-refractivity contribution in [3.8, 4) is 0 Å². The molecule has 1 rings (SSSR count). The maximum atomic E-state index is 5.97. The highest BCUT2D eigenvalue weighted by Crippen LogP contribution is 2.19. The van der Waals surface area contributed by atoms with E-state index in [-0.39, 0.29) is 6.04 Å². The number of nitrogens with zero attached hydrogens (tertiary/aromatic N) is 2. The summed E-state index contributed by atoms with van der Waals surface area (Å²) in [7, 11) is 0. The smallest absolute Gasteiger partial charge is 0.115 e. The summed E-state index contributed by atoms with van der Waals surface area (Å²) in [5.41, 5.74) is 6.99. The van der Waals surface area contributed by atoms with Gasteiger partial charge in [0, 0.05) is 24.0 Å². The van der Waals surface area contributed by atoms with E-state index in [0.717, 1.165) is 12.0 Å². The second kappa shape index (κ2) is 4.16. The SMILES string of the molecule is CCC(C)C(N)c1cncnc1. The summed E-state index contributed by atoms with van der Waals surface area (Å²) in [5, 5.41) is 0. The topological polar surface area (TPSA) is 51.8 Å². The van der Waals surface area contributed by atoms with Crippen LogP contribution in [0.15, 0.2) is 18.7 Å². The first-order valence-electron chi connectivity index (χ1n) is 4.26. The zero-order valence-corrected chi connectivity index (χ0v) is 7.57. The molecule has 0 aliphatic carbocycles. The summed E-state index contributed by atoms with van der Waals surface area (Å²) in [6.45, 7) is 4.27. The summed E-state index contributed by atoms with van der Waals surface area (Å²) < 4.78 is 0. The first kappa shape index (κ1) is 9.13. The largest absolute Gasteiger partial charge is 0.324 e. The predicted octanol–water partition coefficient (Wildman–Crippen LogP) is 1.52. The van der Waals surface area contributed by atoms with Crippen molar-refractivity contribution >= 4 is 0 Å². The van der Waals surface area contributed by atoms with Gasteiger partial charge in [-0.15, -0.1) is 0 Å². The standard InChI is InChI=1S/C9H15N3/c1-3-7(2)9(10)8-4-11-6-12-5-8/h4-7,9H,3,10H2,1-2H3. The third-order valence-electron chi connectivity index (χ3n) is 2.22. The van der Waals surface area contributed by atoms with Crippen LogP contribution in [0.5, 0.6) is 0 Å². The molecule has 3 nitrogen and oxygen atoms in total. The maximum absolute atomic E-state index is 5.97. The monoisotopic (exact) mass is 165 g/mol. The maximum Gasteiger partial charge on any atom is 0.115 e. The van der Waals surface area contributed by atoms with Crippen LogP contribution in [0, 0.1) is 5.92 Å². The molecule has 0 aromatic carbocycles. The third kappa shape index (κ3) is 2.01. The normalized spacial score (nSPS) is 15.6. The van der Waals surface area contributed by atoms with E-state index in [9.17, 15) is 0 Å². The number of hydrogen-bond acceptors (Lipinski definition) is 3. The molecule has 0 bridgehead atoms. The highest BCUT2D eigenvalue weighted by molar-refractivity contribution is 5.09. The molecule has 0 amide bonds.